The van der Waals surface area contributed by atoms with E-state index < -0.39 is 0 Å². The molecular formula is C25H27F2N3O. The summed E-state index contributed by atoms with van der Waals surface area (Å²) in [5.41, 5.74) is 0.738. The summed E-state index contributed by atoms with van der Waals surface area (Å²) in [5.74, 6) is 1.70. The monoisotopic (exact) mass is 423 g/mol. The van der Waals surface area contributed by atoms with Crippen molar-refractivity contribution in [3.8, 4) is 5.75 Å². The second-order valence-electron chi connectivity index (χ2n) is 8.81. The van der Waals surface area contributed by atoms with Crippen molar-refractivity contribution in [2.24, 2.45) is 11.8 Å². The summed E-state index contributed by atoms with van der Waals surface area (Å²) in [6, 6.07) is 13.7. The standard InChI is InChI=1S/C25H27F2N3O/c1-17-28-10-11-30(17)23-12-19-15-29(14-18-6-2-3-7-21(18)26)16-20(19)13-25(23)31-24-9-5-4-8-22(24)27/h2-11,19-20,23,25H,12-16H2,1H3/t19-,20+,23-,25-/m0/s1. The molecule has 2 aliphatic rings. The van der Waals surface area contributed by atoms with Crippen LogP contribution in [-0.4, -0.2) is 33.6 Å². The van der Waals surface area contributed by atoms with E-state index in [1.165, 1.54) is 12.1 Å². The van der Waals surface area contributed by atoms with Gasteiger partial charge in [-0.25, -0.2) is 13.8 Å². The average Bonchev–Trinajstić information content (AvgIpc) is 3.36. The second-order valence-corrected chi connectivity index (χ2v) is 8.81. The van der Waals surface area contributed by atoms with Gasteiger partial charge in [-0.3, -0.25) is 4.90 Å². The molecule has 4 nitrogen and oxygen atoms in total. The van der Waals surface area contributed by atoms with E-state index >= 15 is 0 Å². The number of ether oxygens (including phenoxy) is 1. The maximum Gasteiger partial charge on any atom is 0.165 e. The molecule has 1 saturated carbocycles. The zero-order valence-corrected chi connectivity index (χ0v) is 17.6. The number of aryl methyl sites for hydroxylation is 1. The number of aromatic nitrogens is 2. The van der Waals surface area contributed by atoms with E-state index in [0.29, 0.717) is 24.1 Å². The van der Waals surface area contributed by atoms with Crippen LogP contribution in [0.3, 0.4) is 0 Å². The minimum Gasteiger partial charge on any atom is -0.485 e. The third-order valence-corrected chi connectivity index (χ3v) is 6.85. The number of hydrogen-bond donors (Lipinski definition) is 0. The van der Waals surface area contributed by atoms with Gasteiger partial charge in [-0.2, -0.15) is 0 Å². The molecule has 4 atom stereocenters. The van der Waals surface area contributed by atoms with Gasteiger partial charge in [0.05, 0.1) is 6.04 Å². The van der Waals surface area contributed by atoms with E-state index in [1.807, 2.05) is 25.3 Å². The SMILES string of the molecule is Cc1nccn1[C@H]1C[C@H]2CN(Cc3ccccc3F)C[C@H]2C[C@@H]1Oc1ccccc1F. The molecule has 6 heteroatoms. The molecule has 2 fully saturated rings. The molecule has 0 amide bonds. The van der Waals surface area contributed by atoms with Gasteiger partial charge < -0.3 is 9.30 Å². The molecule has 162 valence electrons. The Labute approximate surface area is 181 Å². The molecule has 5 rings (SSSR count). The van der Waals surface area contributed by atoms with Crippen LogP contribution < -0.4 is 4.74 Å². The van der Waals surface area contributed by atoms with Gasteiger partial charge >= 0.3 is 0 Å². The summed E-state index contributed by atoms with van der Waals surface area (Å²) in [6.45, 7) is 4.46. The molecule has 0 radical (unpaired) electrons. The number of fused-ring (bicyclic) bond motifs is 1. The number of likely N-dealkylation sites (tertiary alicyclic amines) is 1. The van der Waals surface area contributed by atoms with E-state index in [9.17, 15) is 8.78 Å². The fourth-order valence-corrected chi connectivity index (χ4v) is 5.34. The predicted molar refractivity (Wildman–Crippen MR) is 115 cm³/mol. The second kappa shape index (κ2) is 8.42. The van der Waals surface area contributed by atoms with Gasteiger partial charge in [-0.15, -0.1) is 0 Å². The normalized spacial score (nSPS) is 26.0. The Morgan fingerprint density at radius 3 is 2.39 bits per heavy atom. The lowest BCUT2D eigenvalue weighted by Gasteiger charge is -2.39. The van der Waals surface area contributed by atoms with Crippen molar-refractivity contribution >= 4 is 0 Å². The van der Waals surface area contributed by atoms with Gasteiger partial charge in [-0.1, -0.05) is 30.3 Å². The highest BCUT2D eigenvalue weighted by Crippen LogP contribution is 2.43. The molecule has 0 spiro atoms. The summed E-state index contributed by atoms with van der Waals surface area (Å²) in [4.78, 5) is 6.74. The predicted octanol–water partition coefficient (Wildman–Crippen LogP) is 5.00. The average molecular weight is 424 g/mol. The highest BCUT2D eigenvalue weighted by atomic mass is 19.1. The number of nitrogens with zero attached hydrogens (tertiary/aromatic N) is 3. The first-order valence-electron chi connectivity index (χ1n) is 10.9. The third-order valence-electron chi connectivity index (χ3n) is 6.85. The topological polar surface area (TPSA) is 30.3 Å². The number of imidazole rings is 1. The molecule has 1 saturated heterocycles. The number of rotatable bonds is 5. The fourth-order valence-electron chi connectivity index (χ4n) is 5.34. The maximum absolute atomic E-state index is 14.3. The Morgan fingerprint density at radius 1 is 0.968 bits per heavy atom. The zero-order valence-electron chi connectivity index (χ0n) is 17.6. The van der Waals surface area contributed by atoms with Crippen molar-refractivity contribution in [1.29, 1.82) is 0 Å². The van der Waals surface area contributed by atoms with Crippen LogP contribution in [0.2, 0.25) is 0 Å². The van der Waals surface area contributed by atoms with Crippen LogP contribution in [0.25, 0.3) is 0 Å². The van der Waals surface area contributed by atoms with Crippen molar-refractivity contribution in [2.75, 3.05) is 13.1 Å². The van der Waals surface area contributed by atoms with E-state index in [-0.39, 0.29) is 23.8 Å². The van der Waals surface area contributed by atoms with Gasteiger partial charge in [0.25, 0.3) is 0 Å². The number of hydrogen-bond acceptors (Lipinski definition) is 3. The smallest absolute Gasteiger partial charge is 0.165 e. The molecule has 0 N–H and O–H groups in total. The lowest BCUT2D eigenvalue weighted by molar-refractivity contribution is 0.0509. The highest BCUT2D eigenvalue weighted by Gasteiger charge is 2.44. The van der Waals surface area contributed by atoms with Gasteiger partial charge in [0.1, 0.15) is 17.7 Å². The molecule has 2 heterocycles. The van der Waals surface area contributed by atoms with Crippen molar-refractivity contribution in [1.82, 2.24) is 14.5 Å². The third kappa shape index (κ3) is 4.09. The lowest BCUT2D eigenvalue weighted by atomic mass is 9.77. The Bertz CT molecular complexity index is 1050. The zero-order chi connectivity index (χ0) is 21.4. The Hall–Kier alpha value is -2.73. The van der Waals surface area contributed by atoms with Crippen LogP contribution in [0.1, 0.15) is 30.3 Å². The number of benzene rings is 2. The summed E-state index contributed by atoms with van der Waals surface area (Å²) in [5, 5.41) is 0. The molecule has 2 aromatic carbocycles. The number of para-hydroxylation sites is 1. The first-order chi connectivity index (χ1) is 15.1. The van der Waals surface area contributed by atoms with Gasteiger partial charge in [-0.05, 0) is 49.8 Å². The summed E-state index contributed by atoms with van der Waals surface area (Å²) >= 11 is 0. The molecule has 3 aromatic rings. The van der Waals surface area contributed by atoms with Gasteiger partial charge in [0, 0.05) is 37.6 Å². The van der Waals surface area contributed by atoms with Crippen LogP contribution in [0.15, 0.2) is 60.9 Å². The van der Waals surface area contributed by atoms with Crippen LogP contribution >= 0.6 is 0 Å². The molecule has 1 aliphatic heterocycles. The Morgan fingerprint density at radius 2 is 1.68 bits per heavy atom. The Kier molecular flexibility index (Phi) is 5.48. The Balaban J connectivity index is 1.37. The molecule has 31 heavy (non-hydrogen) atoms. The quantitative estimate of drug-likeness (QED) is 0.579. The minimum atomic E-state index is -0.335. The molecule has 1 aromatic heterocycles. The van der Waals surface area contributed by atoms with Crippen LogP contribution in [-0.2, 0) is 6.54 Å². The molecule has 0 bridgehead atoms. The highest BCUT2D eigenvalue weighted by molar-refractivity contribution is 5.24. The minimum absolute atomic E-state index is 0.0942. The van der Waals surface area contributed by atoms with Crippen LogP contribution in [0.5, 0.6) is 5.75 Å². The largest absolute Gasteiger partial charge is 0.485 e. The van der Waals surface area contributed by atoms with Crippen LogP contribution in [0.4, 0.5) is 8.78 Å². The van der Waals surface area contributed by atoms with E-state index in [2.05, 4.69) is 14.5 Å². The van der Waals surface area contributed by atoms with Crippen LogP contribution in [0, 0.1) is 30.4 Å². The van der Waals surface area contributed by atoms with Crippen molar-refractivity contribution in [3.05, 3.63) is 83.9 Å². The van der Waals surface area contributed by atoms with E-state index in [0.717, 1.165) is 37.3 Å². The number of halogens is 2. The van der Waals surface area contributed by atoms with E-state index in [1.54, 1.807) is 30.5 Å². The van der Waals surface area contributed by atoms with Crippen molar-refractivity contribution < 1.29 is 13.5 Å². The first kappa shape index (κ1) is 20.2. The van der Waals surface area contributed by atoms with Crippen molar-refractivity contribution in [2.45, 2.75) is 38.5 Å². The summed E-state index contributed by atoms with van der Waals surface area (Å²) in [7, 11) is 0. The fraction of sp³-hybridized carbons (Fsp3) is 0.400. The molecular weight excluding hydrogens is 396 g/mol. The van der Waals surface area contributed by atoms with E-state index in [4.69, 9.17) is 4.74 Å². The summed E-state index contributed by atoms with van der Waals surface area (Å²) in [6.07, 6.45) is 5.44. The van der Waals surface area contributed by atoms with Gasteiger partial charge in [0.15, 0.2) is 11.6 Å². The molecule has 1 aliphatic carbocycles. The van der Waals surface area contributed by atoms with Gasteiger partial charge in [0.2, 0.25) is 0 Å². The maximum atomic E-state index is 14.3. The summed E-state index contributed by atoms with van der Waals surface area (Å²) < 4.78 is 36.9. The molecule has 0 unspecified atom stereocenters. The van der Waals surface area contributed by atoms with Crippen molar-refractivity contribution in [3.63, 3.8) is 0 Å². The first-order valence-corrected chi connectivity index (χ1v) is 10.9. The lowest BCUT2D eigenvalue weighted by Crippen LogP contribution is -2.40.